The number of carbonyl (C=O) groups is 1. The predicted molar refractivity (Wildman–Crippen MR) is 41.8 cm³/mol. The van der Waals surface area contributed by atoms with Crippen LogP contribution in [0, 0.1) is 0 Å². The molecule has 5 heteroatoms. The van der Waals surface area contributed by atoms with Crippen LogP contribution in [-0.2, 0) is 9.53 Å². The van der Waals surface area contributed by atoms with Crippen LogP contribution in [0.2, 0.25) is 0 Å². The lowest BCUT2D eigenvalue weighted by Crippen LogP contribution is -2.57. The molecule has 0 saturated heterocycles. The third kappa shape index (κ3) is 1.64. The molecule has 0 radical (unpaired) electrons. The van der Waals surface area contributed by atoms with E-state index in [-0.39, 0.29) is 18.4 Å². The van der Waals surface area contributed by atoms with E-state index in [1.807, 2.05) is 0 Å². The predicted octanol–water partition coefficient (Wildman–Crippen LogP) is -0.000900. The summed E-state index contributed by atoms with van der Waals surface area (Å²) < 4.78 is 4.83. The van der Waals surface area contributed by atoms with E-state index in [0.717, 1.165) is 0 Å². The van der Waals surface area contributed by atoms with E-state index in [4.69, 9.17) is 15.6 Å². The summed E-state index contributed by atoms with van der Waals surface area (Å²) in [6.45, 7) is 0. The van der Waals surface area contributed by atoms with Crippen LogP contribution in [0.1, 0.15) is 12.8 Å². The van der Waals surface area contributed by atoms with Crippen LogP contribution < -0.4 is 5.73 Å². The Morgan fingerprint density at radius 3 is 2.27 bits per heavy atom. The van der Waals surface area contributed by atoms with Crippen molar-refractivity contribution in [2.75, 3.05) is 7.11 Å². The van der Waals surface area contributed by atoms with E-state index in [1.165, 1.54) is 7.11 Å². The summed E-state index contributed by atoms with van der Waals surface area (Å²) in [5.41, 5.74) is 4.45. The fourth-order valence-electron chi connectivity index (χ4n) is 1.22. The molecule has 0 heterocycles. The second kappa shape index (κ2) is 3.38. The Hall–Kier alpha value is -0.320. The minimum absolute atomic E-state index is 0. The maximum atomic E-state index is 10.5. The zero-order valence-corrected chi connectivity index (χ0v) is 7.06. The van der Waals surface area contributed by atoms with E-state index in [0.29, 0.717) is 12.8 Å². The molecule has 1 rings (SSSR count). The van der Waals surface area contributed by atoms with Crippen molar-refractivity contribution in [3.63, 3.8) is 0 Å². The minimum atomic E-state index is -0.973. The van der Waals surface area contributed by atoms with Crippen molar-refractivity contribution in [1.29, 1.82) is 0 Å². The summed E-state index contributed by atoms with van der Waals surface area (Å²) in [5, 5.41) is 8.62. The molecule has 0 amide bonds. The number of carboxylic acid groups (broad SMARTS) is 1. The third-order valence-corrected chi connectivity index (χ3v) is 1.96. The van der Waals surface area contributed by atoms with E-state index in [1.54, 1.807) is 0 Å². The van der Waals surface area contributed by atoms with Gasteiger partial charge in [-0.15, -0.1) is 12.4 Å². The maximum Gasteiger partial charge on any atom is 0.336 e. The Kier molecular flexibility index (Phi) is 3.29. The highest BCUT2D eigenvalue weighted by molar-refractivity contribution is 5.85. The number of nitrogens with two attached hydrogens (primary N) is 1. The molecule has 11 heavy (non-hydrogen) atoms. The first-order chi connectivity index (χ1) is 4.60. The van der Waals surface area contributed by atoms with Gasteiger partial charge in [-0.2, -0.15) is 0 Å². The lowest BCUT2D eigenvalue weighted by molar-refractivity contribution is -0.175. The van der Waals surface area contributed by atoms with E-state index in [9.17, 15) is 4.79 Å². The Labute approximate surface area is 71.1 Å². The normalized spacial score (nSPS) is 35.3. The van der Waals surface area contributed by atoms with Crippen LogP contribution in [0.5, 0.6) is 0 Å². The van der Waals surface area contributed by atoms with Gasteiger partial charge in [0.05, 0.1) is 0 Å². The molecule has 3 N–H and O–H groups in total. The van der Waals surface area contributed by atoms with Gasteiger partial charge in [-0.25, -0.2) is 4.79 Å². The van der Waals surface area contributed by atoms with Gasteiger partial charge in [-0.1, -0.05) is 0 Å². The molecule has 0 bridgehead atoms. The summed E-state index contributed by atoms with van der Waals surface area (Å²) in [4.78, 5) is 10.5. The number of hydrogen-bond acceptors (Lipinski definition) is 3. The number of ether oxygens (including phenoxy) is 1. The first-order valence-corrected chi connectivity index (χ1v) is 3.15. The van der Waals surface area contributed by atoms with Crippen LogP contribution in [0.3, 0.4) is 0 Å². The molecule has 0 aromatic carbocycles. The molecule has 1 aliphatic carbocycles. The van der Waals surface area contributed by atoms with Crippen molar-refractivity contribution >= 4 is 18.4 Å². The number of aliphatic carboxylic acids is 1. The first kappa shape index (κ1) is 10.7. The highest BCUT2D eigenvalue weighted by atomic mass is 35.5. The summed E-state index contributed by atoms with van der Waals surface area (Å²) in [6.07, 6.45) is 0.859. The minimum Gasteiger partial charge on any atom is -0.479 e. The molecule has 0 aromatic rings. The molecular formula is C6H12ClNO3. The van der Waals surface area contributed by atoms with E-state index >= 15 is 0 Å². The molecule has 1 saturated carbocycles. The van der Waals surface area contributed by atoms with Gasteiger partial charge < -0.3 is 15.6 Å². The molecule has 0 aromatic heterocycles. The highest BCUT2D eigenvalue weighted by Crippen LogP contribution is 2.34. The highest BCUT2D eigenvalue weighted by Gasteiger charge is 2.49. The quantitative estimate of drug-likeness (QED) is 0.629. The van der Waals surface area contributed by atoms with Crippen molar-refractivity contribution in [1.82, 2.24) is 0 Å². The Morgan fingerprint density at radius 1 is 1.73 bits per heavy atom. The lowest BCUT2D eigenvalue weighted by Gasteiger charge is -2.40. The van der Waals surface area contributed by atoms with Gasteiger partial charge in [0.1, 0.15) is 0 Å². The zero-order chi connectivity index (χ0) is 7.78. The van der Waals surface area contributed by atoms with Crippen LogP contribution >= 0.6 is 12.4 Å². The standard InChI is InChI=1S/C6H11NO3.ClH/c1-10-6(5(8)9)2-4(7)3-6;/h4H,2-3,7H2,1H3,(H,8,9);1H. The van der Waals surface area contributed by atoms with E-state index in [2.05, 4.69) is 0 Å². The second-order valence-corrected chi connectivity index (χ2v) is 2.67. The van der Waals surface area contributed by atoms with E-state index < -0.39 is 11.6 Å². The van der Waals surface area contributed by atoms with Gasteiger partial charge in [0, 0.05) is 26.0 Å². The molecule has 4 nitrogen and oxygen atoms in total. The van der Waals surface area contributed by atoms with Gasteiger partial charge in [0.15, 0.2) is 5.60 Å². The van der Waals surface area contributed by atoms with Gasteiger partial charge >= 0.3 is 5.97 Å². The van der Waals surface area contributed by atoms with Crippen molar-refractivity contribution in [2.24, 2.45) is 5.73 Å². The number of methoxy groups -OCH3 is 1. The van der Waals surface area contributed by atoms with Gasteiger partial charge in [0.25, 0.3) is 0 Å². The largest absolute Gasteiger partial charge is 0.479 e. The molecule has 1 aliphatic rings. The third-order valence-electron chi connectivity index (χ3n) is 1.96. The average Bonchev–Trinajstić information content (AvgIpc) is 1.79. The summed E-state index contributed by atoms with van der Waals surface area (Å²) >= 11 is 0. The molecule has 66 valence electrons. The summed E-state index contributed by atoms with van der Waals surface area (Å²) in [7, 11) is 1.40. The van der Waals surface area contributed by atoms with Crippen LogP contribution in [0.25, 0.3) is 0 Å². The molecular weight excluding hydrogens is 170 g/mol. The van der Waals surface area contributed by atoms with Gasteiger partial charge in [-0.05, 0) is 0 Å². The first-order valence-electron chi connectivity index (χ1n) is 3.15. The topological polar surface area (TPSA) is 72.5 Å². The smallest absolute Gasteiger partial charge is 0.336 e. The van der Waals surface area contributed by atoms with Gasteiger partial charge in [-0.3, -0.25) is 0 Å². The van der Waals surface area contributed by atoms with Crippen molar-refractivity contribution in [2.45, 2.75) is 24.5 Å². The number of rotatable bonds is 2. The monoisotopic (exact) mass is 181 g/mol. The van der Waals surface area contributed by atoms with Crippen molar-refractivity contribution < 1.29 is 14.6 Å². The van der Waals surface area contributed by atoms with Crippen molar-refractivity contribution in [3.05, 3.63) is 0 Å². The molecule has 1 fully saturated rings. The van der Waals surface area contributed by atoms with Crippen LogP contribution in [0.15, 0.2) is 0 Å². The van der Waals surface area contributed by atoms with Crippen LogP contribution in [-0.4, -0.2) is 29.8 Å². The number of hydrogen-bond donors (Lipinski definition) is 2. The zero-order valence-electron chi connectivity index (χ0n) is 6.24. The van der Waals surface area contributed by atoms with Gasteiger partial charge in [0.2, 0.25) is 0 Å². The Bertz CT molecular complexity index is 156. The number of carboxylic acids is 1. The van der Waals surface area contributed by atoms with Crippen molar-refractivity contribution in [3.8, 4) is 0 Å². The Balaban J connectivity index is 0.000001000. The molecule has 0 unspecified atom stereocenters. The molecule has 0 spiro atoms. The fourth-order valence-corrected chi connectivity index (χ4v) is 1.22. The maximum absolute atomic E-state index is 10.5. The Morgan fingerprint density at radius 2 is 2.18 bits per heavy atom. The SMILES string of the molecule is COC1(C(=O)O)CC(N)C1.Cl. The van der Waals surface area contributed by atoms with Crippen LogP contribution in [0.4, 0.5) is 0 Å². The molecule has 0 aliphatic heterocycles. The summed E-state index contributed by atoms with van der Waals surface area (Å²) in [5.74, 6) is -0.906. The molecule has 0 atom stereocenters. The average molecular weight is 182 g/mol. The number of halogens is 1. The lowest BCUT2D eigenvalue weighted by atomic mass is 9.76. The fraction of sp³-hybridized carbons (Fsp3) is 0.833. The second-order valence-electron chi connectivity index (χ2n) is 2.67. The summed E-state index contributed by atoms with van der Waals surface area (Å²) in [6, 6.07) is -0.00366.